The van der Waals surface area contributed by atoms with E-state index < -0.39 is 0 Å². The maximum absolute atomic E-state index is 12.7. The third-order valence-corrected chi connectivity index (χ3v) is 4.98. The number of hydrogen-bond donors (Lipinski definition) is 1. The molecule has 0 radical (unpaired) electrons. The molecule has 0 saturated heterocycles. The fraction of sp³-hybridized carbons (Fsp3) is 0.474. The summed E-state index contributed by atoms with van der Waals surface area (Å²) in [5, 5.41) is 6.95. The lowest BCUT2D eigenvalue weighted by atomic mass is 9.73. The van der Waals surface area contributed by atoms with Gasteiger partial charge < -0.3 is 14.0 Å². The molecule has 1 amide bonds. The molecule has 0 unspecified atom stereocenters. The summed E-state index contributed by atoms with van der Waals surface area (Å²) in [5.41, 5.74) is 1.25. The average molecular weight is 344 g/mol. The molecule has 1 fully saturated rings. The monoisotopic (exact) mass is 344 g/mol. The number of hydrogen-bond acceptors (Lipinski definition) is 5. The zero-order valence-corrected chi connectivity index (χ0v) is 14.9. The fourth-order valence-electron chi connectivity index (χ4n) is 3.46. The van der Waals surface area contributed by atoms with Crippen molar-refractivity contribution in [1.82, 2.24) is 5.16 Å². The largest absolute Gasteiger partial charge is 0.496 e. The molecule has 0 bridgehead atoms. The zero-order valence-electron chi connectivity index (χ0n) is 14.9. The number of aromatic nitrogens is 1. The smallest absolute Gasteiger partial charge is 0.265 e. The van der Waals surface area contributed by atoms with Gasteiger partial charge >= 0.3 is 0 Å². The predicted molar refractivity (Wildman–Crippen MR) is 94.4 cm³/mol. The topological polar surface area (TPSA) is 73.6 Å². The third kappa shape index (κ3) is 3.48. The van der Waals surface area contributed by atoms with Crippen LogP contribution in [0.3, 0.4) is 0 Å². The van der Waals surface area contributed by atoms with Crippen molar-refractivity contribution in [3.63, 3.8) is 0 Å². The number of nitrogens with zero attached hydrogens (tertiary/aromatic N) is 1. The first-order valence-electron chi connectivity index (χ1n) is 8.57. The van der Waals surface area contributed by atoms with Gasteiger partial charge in [0.15, 0.2) is 0 Å². The maximum Gasteiger partial charge on any atom is 0.265 e. The maximum atomic E-state index is 12.7. The highest BCUT2D eigenvalue weighted by molar-refractivity contribution is 6.07. The van der Waals surface area contributed by atoms with Gasteiger partial charge in [-0.2, -0.15) is 0 Å². The Morgan fingerprint density at radius 3 is 2.40 bits per heavy atom. The van der Waals surface area contributed by atoms with Gasteiger partial charge in [-0.15, -0.1) is 0 Å². The molecule has 1 aromatic carbocycles. The lowest BCUT2D eigenvalue weighted by molar-refractivity contribution is 0.101. The SMILES string of the molecule is COc1cccc(OC)c1C(=O)Nc1cc(C2(C)CCCCC2)no1. The number of benzene rings is 1. The molecular weight excluding hydrogens is 320 g/mol. The molecule has 1 aliphatic rings. The van der Waals surface area contributed by atoms with Gasteiger partial charge in [0.1, 0.15) is 17.1 Å². The Kier molecular flexibility index (Phi) is 4.97. The Bertz CT molecular complexity index is 725. The number of rotatable bonds is 5. The highest BCUT2D eigenvalue weighted by Crippen LogP contribution is 2.39. The number of carbonyl (C=O) groups is 1. The average Bonchev–Trinajstić information content (AvgIpc) is 3.10. The van der Waals surface area contributed by atoms with Crippen molar-refractivity contribution in [3.05, 3.63) is 35.5 Å². The van der Waals surface area contributed by atoms with E-state index in [2.05, 4.69) is 17.4 Å². The molecule has 3 rings (SSSR count). The summed E-state index contributed by atoms with van der Waals surface area (Å²) in [6.45, 7) is 2.21. The second kappa shape index (κ2) is 7.17. The van der Waals surface area contributed by atoms with Gasteiger partial charge in [0.2, 0.25) is 5.88 Å². The molecule has 1 heterocycles. The van der Waals surface area contributed by atoms with E-state index in [1.165, 1.54) is 33.5 Å². The first-order chi connectivity index (χ1) is 12.1. The van der Waals surface area contributed by atoms with Crippen molar-refractivity contribution in [2.75, 3.05) is 19.5 Å². The van der Waals surface area contributed by atoms with Crippen LogP contribution < -0.4 is 14.8 Å². The fourth-order valence-corrected chi connectivity index (χ4v) is 3.46. The molecule has 0 atom stereocenters. The predicted octanol–water partition coefficient (Wildman–Crippen LogP) is 4.17. The van der Waals surface area contributed by atoms with Gasteiger partial charge in [-0.3, -0.25) is 10.1 Å². The molecule has 6 nitrogen and oxygen atoms in total. The van der Waals surface area contributed by atoms with Crippen LogP contribution >= 0.6 is 0 Å². The van der Waals surface area contributed by atoms with Crippen LogP contribution in [0.2, 0.25) is 0 Å². The molecule has 2 aromatic rings. The zero-order chi connectivity index (χ0) is 17.9. The second-order valence-corrected chi connectivity index (χ2v) is 6.69. The van der Waals surface area contributed by atoms with Crippen LogP contribution in [0.4, 0.5) is 5.88 Å². The Labute approximate surface area is 147 Å². The minimum Gasteiger partial charge on any atom is -0.496 e. The Hall–Kier alpha value is -2.50. The molecule has 1 N–H and O–H groups in total. The van der Waals surface area contributed by atoms with Crippen molar-refractivity contribution in [3.8, 4) is 11.5 Å². The summed E-state index contributed by atoms with van der Waals surface area (Å²) < 4.78 is 15.9. The molecule has 134 valence electrons. The highest BCUT2D eigenvalue weighted by atomic mass is 16.5. The van der Waals surface area contributed by atoms with Crippen molar-refractivity contribution in [1.29, 1.82) is 0 Å². The van der Waals surface area contributed by atoms with Crippen LogP contribution in [0, 0.1) is 0 Å². The number of methoxy groups -OCH3 is 2. The van der Waals surface area contributed by atoms with Crippen molar-refractivity contribution < 1.29 is 18.8 Å². The molecule has 25 heavy (non-hydrogen) atoms. The van der Waals surface area contributed by atoms with Crippen LogP contribution in [-0.4, -0.2) is 25.3 Å². The summed E-state index contributed by atoms with van der Waals surface area (Å²) in [7, 11) is 3.03. The summed E-state index contributed by atoms with van der Waals surface area (Å²) in [6, 6.07) is 7.02. The van der Waals surface area contributed by atoms with Crippen LogP contribution in [0.25, 0.3) is 0 Å². The summed E-state index contributed by atoms with van der Waals surface area (Å²) >= 11 is 0. The molecule has 0 spiro atoms. The van der Waals surface area contributed by atoms with Gasteiger partial charge in [-0.05, 0) is 25.0 Å². The number of anilines is 1. The minimum atomic E-state index is -0.356. The Morgan fingerprint density at radius 1 is 1.16 bits per heavy atom. The minimum absolute atomic E-state index is 0.0207. The summed E-state index contributed by atoms with van der Waals surface area (Å²) in [6.07, 6.45) is 5.85. The Balaban J connectivity index is 1.81. The lowest BCUT2D eigenvalue weighted by Crippen LogP contribution is -2.25. The molecule has 0 aliphatic heterocycles. The van der Waals surface area contributed by atoms with Crippen LogP contribution in [0.5, 0.6) is 11.5 Å². The standard InChI is InChI=1S/C19H24N2O4/c1-19(10-5-4-6-11-19)15-12-16(25-21-15)20-18(22)17-13(23-2)8-7-9-14(17)24-3/h7-9,12H,4-6,10-11H2,1-3H3,(H,20,22). The first kappa shape index (κ1) is 17.3. The number of ether oxygens (including phenoxy) is 2. The Morgan fingerprint density at radius 2 is 1.80 bits per heavy atom. The van der Waals surface area contributed by atoms with Crippen molar-refractivity contribution in [2.24, 2.45) is 0 Å². The van der Waals surface area contributed by atoms with Gasteiger partial charge in [0, 0.05) is 11.5 Å². The molecule has 1 saturated carbocycles. The van der Waals surface area contributed by atoms with Gasteiger partial charge in [0.05, 0.1) is 19.9 Å². The normalized spacial score (nSPS) is 16.3. The quantitative estimate of drug-likeness (QED) is 0.881. The summed E-state index contributed by atoms with van der Waals surface area (Å²) in [4.78, 5) is 12.7. The van der Waals surface area contributed by atoms with E-state index in [1.807, 2.05) is 6.07 Å². The van der Waals surface area contributed by atoms with Gasteiger partial charge in [-0.25, -0.2) is 0 Å². The second-order valence-electron chi connectivity index (χ2n) is 6.69. The van der Waals surface area contributed by atoms with E-state index in [0.29, 0.717) is 22.9 Å². The van der Waals surface area contributed by atoms with E-state index >= 15 is 0 Å². The molecule has 6 heteroatoms. The van der Waals surface area contributed by atoms with Crippen LogP contribution in [-0.2, 0) is 5.41 Å². The molecule has 1 aliphatic carbocycles. The third-order valence-electron chi connectivity index (χ3n) is 4.98. The number of carbonyl (C=O) groups excluding carboxylic acids is 1. The van der Waals surface area contributed by atoms with Crippen LogP contribution in [0.1, 0.15) is 55.1 Å². The van der Waals surface area contributed by atoms with E-state index in [4.69, 9.17) is 14.0 Å². The molecular formula is C19H24N2O4. The number of nitrogens with one attached hydrogen (secondary N) is 1. The van der Waals surface area contributed by atoms with E-state index in [9.17, 15) is 4.79 Å². The lowest BCUT2D eigenvalue weighted by Gasteiger charge is -2.31. The summed E-state index contributed by atoms with van der Waals surface area (Å²) in [5.74, 6) is 0.859. The number of amides is 1. The van der Waals surface area contributed by atoms with E-state index in [0.717, 1.165) is 18.5 Å². The molecule has 1 aromatic heterocycles. The van der Waals surface area contributed by atoms with Gasteiger partial charge in [-0.1, -0.05) is 37.4 Å². The van der Waals surface area contributed by atoms with Gasteiger partial charge in [0.25, 0.3) is 5.91 Å². The first-order valence-corrected chi connectivity index (χ1v) is 8.57. The van der Waals surface area contributed by atoms with Crippen molar-refractivity contribution in [2.45, 2.75) is 44.4 Å². The van der Waals surface area contributed by atoms with Crippen LogP contribution in [0.15, 0.2) is 28.8 Å². The highest BCUT2D eigenvalue weighted by Gasteiger charge is 2.32. The van der Waals surface area contributed by atoms with E-state index in [1.54, 1.807) is 18.2 Å². The van der Waals surface area contributed by atoms with Crippen molar-refractivity contribution >= 4 is 11.8 Å². The van der Waals surface area contributed by atoms with E-state index in [-0.39, 0.29) is 11.3 Å².